The molecule has 1 aliphatic heterocycles. The summed E-state index contributed by atoms with van der Waals surface area (Å²) in [5.74, 6) is 0.655. The summed E-state index contributed by atoms with van der Waals surface area (Å²) in [7, 11) is 0. The first-order chi connectivity index (χ1) is 8.78. The fourth-order valence-corrected chi connectivity index (χ4v) is 3.19. The minimum Gasteiger partial charge on any atom is -0.313 e. The van der Waals surface area contributed by atoms with Crippen LogP contribution >= 0.6 is 15.9 Å². The predicted octanol–water partition coefficient (Wildman–Crippen LogP) is 2.87. The molecule has 0 aromatic carbocycles. The van der Waals surface area contributed by atoms with Crippen molar-refractivity contribution in [2.45, 2.75) is 25.3 Å². The Morgan fingerprint density at radius 3 is 3.17 bits per heavy atom. The number of piperidine rings is 1. The molecule has 92 valence electrons. The van der Waals surface area contributed by atoms with Crippen LogP contribution in [-0.4, -0.2) is 17.6 Å². The van der Waals surface area contributed by atoms with Crippen LogP contribution < -0.4 is 5.32 Å². The maximum atomic E-state index is 9.04. The fourth-order valence-electron chi connectivity index (χ4n) is 2.88. The summed E-state index contributed by atoms with van der Waals surface area (Å²) in [5.41, 5.74) is 3.03. The summed E-state index contributed by atoms with van der Waals surface area (Å²) in [5, 5.41) is 12.6. The average Bonchev–Trinajstić information content (AvgIpc) is 2.83. The molecule has 0 bridgehead atoms. The highest BCUT2D eigenvalue weighted by Crippen LogP contribution is 2.36. The Morgan fingerprint density at radius 1 is 1.50 bits per heavy atom. The lowest BCUT2D eigenvalue weighted by atomic mass is 9.94. The molecule has 3 nitrogen and oxygen atoms in total. The number of pyridine rings is 1. The van der Waals surface area contributed by atoms with Crippen molar-refractivity contribution in [1.82, 2.24) is 10.3 Å². The molecule has 0 spiro atoms. The lowest BCUT2D eigenvalue weighted by Crippen LogP contribution is -2.37. The van der Waals surface area contributed by atoms with Crippen molar-refractivity contribution in [2.24, 2.45) is 5.92 Å². The molecule has 2 aliphatic rings. The van der Waals surface area contributed by atoms with Crippen LogP contribution in [0.4, 0.5) is 0 Å². The third-order valence-electron chi connectivity index (χ3n) is 3.82. The SMILES string of the molecule is N#Cc1cc(C2=C[C@H]3CCCN[C@H]3C2)cnc1Br. The summed E-state index contributed by atoms with van der Waals surface area (Å²) < 4.78 is 0.628. The molecule has 0 saturated carbocycles. The lowest BCUT2D eigenvalue weighted by molar-refractivity contribution is 0.348. The van der Waals surface area contributed by atoms with Crippen LogP contribution in [0, 0.1) is 17.2 Å². The summed E-state index contributed by atoms with van der Waals surface area (Å²) in [4.78, 5) is 4.24. The van der Waals surface area contributed by atoms with Crippen molar-refractivity contribution in [3.05, 3.63) is 34.1 Å². The molecule has 0 amide bonds. The zero-order valence-corrected chi connectivity index (χ0v) is 11.6. The van der Waals surface area contributed by atoms with Crippen LogP contribution in [0.2, 0.25) is 0 Å². The van der Waals surface area contributed by atoms with Crippen molar-refractivity contribution < 1.29 is 0 Å². The van der Waals surface area contributed by atoms with Crippen LogP contribution in [0.5, 0.6) is 0 Å². The number of fused-ring (bicyclic) bond motifs is 1. The molecule has 0 unspecified atom stereocenters. The molecule has 18 heavy (non-hydrogen) atoms. The number of halogens is 1. The zero-order valence-electron chi connectivity index (χ0n) is 9.99. The second-order valence-electron chi connectivity index (χ2n) is 4.94. The zero-order chi connectivity index (χ0) is 12.5. The molecular weight excluding hydrogens is 290 g/mol. The highest BCUT2D eigenvalue weighted by Gasteiger charge is 2.30. The van der Waals surface area contributed by atoms with Gasteiger partial charge in [0, 0.05) is 12.2 Å². The van der Waals surface area contributed by atoms with E-state index in [1.807, 2.05) is 12.3 Å². The van der Waals surface area contributed by atoms with Crippen molar-refractivity contribution in [2.75, 3.05) is 6.54 Å². The Kier molecular flexibility index (Phi) is 3.19. The first-order valence-electron chi connectivity index (χ1n) is 6.28. The lowest BCUT2D eigenvalue weighted by Gasteiger charge is -2.25. The van der Waals surface area contributed by atoms with Gasteiger partial charge >= 0.3 is 0 Å². The van der Waals surface area contributed by atoms with Crippen molar-refractivity contribution in [3.8, 4) is 6.07 Å². The van der Waals surface area contributed by atoms with Gasteiger partial charge in [0.15, 0.2) is 0 Å². The van der Waals surface area contributed by atoms with E-state index in [0.29, 0.717) is 22.1 Å². The summed E-state index contributed by atoms with van der Waals surface area (Å²) >= 11 is 3.29. The van der Waals surface area contributed by atoms with Gasteiger partial charge in [0.05, 0.1) is 5.56 Å². The van der Waals surface area contributed by atoms with Crippen LogP contribution in [-0.2, 0) is 0 Å². The van der Waals surface area contributed by atoms with Gasteiger partial charge in [0.2, 0.25) is 0 Å². The van der Waals surface area contributed by atoms with Gasteiger partial charge in [-0.05, 0) is 64.9 Å². The fraction of sp³-hybridized carbons (Fsp3) is 0.429. The molecule has 1 saturated heterocycles. The van der Waals surface area contributed by atoms with Crippen molar-refractivity contribution >= 4 is 21.5 Å². The van der Waals surface area contributed by atoms with E-state index in [1.165, 1.54) is 18.4 Å². The summed E-state index contributed by atoms with van der Waals surface area (Å²) in [6.45, 7) is 1.13. The van der Waals surface area contributed by atoms with Gasteiger partial charge < -0.3 is 5.32 Å². The molecule has 3 rings (SSSR count). The molecular formula is C14H14BrN3. The van der Waals surface area contributed by atoms with E-state index in [-0.39, 0.29) is 0 Å². The molecule has 1 aliphatic carbocycles. The van der Waals surface area contributed by atoms with E-state index in [2.05, 4.69) is 38.4 Å². The second kappa shape index (κ2) is 4.83. The molecule has 1 aromatic rings. The van der Waals surface area contributed by atoms with Gasteiger partial charge in [-0.3, -0.25) is 0 Å². The number of aromatic nitrogens is 1. The topological polar surface area (TPSA) is 48.7 Å². The minimum absolute atomic E-state index is 0.586. The number of nitrogens with zero attached hydrogens (tertiary/aromatic N) is 2. The van der Waals surface area contributed by atoms with Crippen molar-refractivity contribution in [1.29, 1.82) is 5.26 Å². The Balaban J connectivity index is 1.90. The molecule has 2 heterocycles. The predicted molar refractivity (Wildman–Crippen MR) is 73.8 cm³/mol. The number of rotatable bonds is 1. The highest BCUT2D eigenvalue weighted by molar-refractivity contribution is 9.10. The molecule has 1 aromatic heterocycles. The maximum Gasteiger partial charge on any atom is 0.123 e. The summed E-state index contributed by atoms with van der Waals surface area (Å²) in [6, 6.07) is 4.69. The maximum absolute atomic E-state index is 9.04. The van der Waals surface area contributed by atoms with E-state index in [9.17, 15) is 0 Å². The standard InChI is InChI=1S/C14H14BrN3/c15-14-11(7-16)5-12(8-18-14)10-4-9-2-1-3-17-13(9)6-10/h4-5,8-9,13,17H,1-3,6H2/t9-,13+/m1/s1. The Hall–Kier alpha value is -1.18. The largest absolute Gasteiger partial charge is 0.313 e. The van der Waals surface area contributed by atoms with E-state index in [4.69, 9.17) is 5.26 Å². The monoisotopic (exact) mass is 303 g/mol. The Labute approximate surface area is 115 Å². The van der Waals surface area contributed by atoms with Crippen LogP contribution in [0.3, 0.4) is 0 Å². The highest BCUT2D eigenvalue weighted by atomic mass is 79.9. The third kappa shape index (κ3) is 2.09. The third-order valence-corrected chi connectivity index (χ3v) is 4.45. The number of nitrogens with one attached hydrogen (secondary N) is 1. The minimum atomic E-state index is 0.586. The molecule has 1 fully saturated rings. The molecule has 1 N–H and O–H groups in total. The quantitative estimate of drug-likeness (QED) is 0.812. The first kappa shape index (κ1) is 11.9. The van der Waals surface area contributed by atoms with Gasteiger partial charge in [-0.15, -0.1) is 0 Å². The van der Waals surface area contributed by atoms with E-state index < -0.39 is 0 Å². The van der Waals surface area contributed by atoms with E-state index in [1.54, 1.807) is 0 Å². The average molecular weight is 304 g/mol. The van der Waals surface area contributed by atoms with Gasteiger partial charge in [0.25, 0.3) is 0 Å². The smallest absolute Gasteiger partial charge is 0.123 e. The Morgan fingerprint density at radius 2 is 2.39 bits per heavy atom. The van der Waals surface area contributed by atoms with E-state index in [0.717, 1.165) is 18.5 Å². The molecule has 0 radical (unpaired) electrons. The van der Waals surface area contributed by atoms with Gasteiger partial charge in [-0.2, -0.15) is 5.26 Å². The summed E-state index contributed by atoms with van der Waals surface area (Å²) in [6.07, 6.45) is 7.80. The van der Waals surface area contributed by atoms with Crippen LogP contribution in [0.25, 0.3) is 5.57 Å². The van der Waals surface area contributed by atoms with Crippen LogP contribution in [0.1, 0.15) is 30.4 Å². The number of nitriles is 1. The Bertz CT molecular complexity index is 544. The van der Waals surface area contributed by atoms with Gasteiger partial charge in [0.1, 0.15) is 10.7 Å². The van der Waals surface area contributed by atoms with Gasteiger partial charge in [-0.1, -0.05) is 6.08 Å². The molecule has 4 heteroatoms. The number of hydrogen-bond acceptors (Lipinski definition) is 3. The number of hydrogen-bond donors (Lipinski definition) is 1. The molecule has 2 atom stereocenters. The second-order valence-corrected chi connectivity index (χ2v) is 5.69. The van der Waals surface area contributed by atoms with E-state index >= 15 is 0 Å². The van der Waals surface area contributed by atoms with Crippen LogP contribution in [0.15, 0.2) is 22.9 Å². The van der Waals surface area contributed by atoms with Crippen molar-refractivity contribution in [3.63, 3.8) is 0 Å². The normalized spacial score (nSPS) is 26.3. The first-order valence-corrected chi connectivity index (χ1v) is 7.07. The van der Waals surface area contributed by atoms with Gasteiger partial charge in [-0.25, -0.2) is 4.98 Å².